The standard InChI is InChI=1S/C16H21Cl3N6O.HI/c1-4-20-16(22-9-14-24-23-10(2)25(14)3)21-5-6-26-15-12(18)7-11(17)8-13(15)19;/h7-8H,4-6,9H2,1-3H3,(H2,20,21,22);1H. The third kappa shape index (κ3) is 7.17. The highest BCUT2D eigenvalue weighted by atomic mass is 127. The van der Waals surface area contributed by atoms with Crippen LogP contribution in [-0.2, 0) is 13.6 Å². The number of benzene rings is 1. The number of guanidine groups is 1. The highest BCUT2D eigenvalue weighted by molar-refractivity contribution is 14.0. The number of hydrogen-bond acceptors (Lipinski definition) is 4. The van der Waals surface area contributed by atoms with Crippen molar-refractivity contribution in [1.82, 2.24) is 25.4 Å². The average molecular weight is 548 g/mol. The van der Waals surface area contributed by atoms with E-state index in [1.165, 1.54) is 0 Å². The fourth-order valence-electron chi connectivity index (χ4n) is 2.07. The van der Waals surface area contributed by atoms with Crippen molar-refractivity contribution in [3.05, 3.63) is 38.8 Å². The molecular formula is C16H22Cl3IN6O. The molecule has 7 nitrogen and oxygen atoms in total. The predicted molar refractivity (Wildman–Crippen MR) is 121 cm³/mol. The van der Waals surface area contributed by atoms with Gasteiger partial charge in [-0.15, -0.1) is 34.2 Å². The first-order chi connectivity index (χ1) is 12.4. The average Bonchev–Trinajstić information content (AvgIpc) is 2.89. The van der Waals surface area contributed by atoms with E-state index in [-0.39, 0.29) is 24.0 Å². The Morgan fingerprint density at radius 1 is 1.19 bits per heavy atom. The molecule has 0 atom stereocenters. The lowest BCUT2D eigenvalue weighted by Crippen LogP contribution is -2.39. The van der Waals surface area contributed by atoms with Crippen molar-refractivity contribution in [3.63, 3.8) is 0 Å². The summed E-state index contributed by atoms with van der Waals surface area (Å²) in [4.78, 5) is 4.50. The lowest BCUT2D eigenvalue weighted by atomic mass is 10.3. The molecular weight excluding hydrogens is 525 g/mol. The Hall–Kier alpha value is -0.970. The first-order valence-electron chi connectivity index (χ1n) is 8.06. The van der Waals surface area contributed by atoms with Gasteiger partial charge in [-0.2, -0.15) is 0 Å². The van der Waals surface area contributed by atoms with Crippen LogP contribution in [-0.4, -0.2) is 40.4 Å². The van der Waals surface area contributed by atoms with E-state index >= 15 is 0 Å². The number of nitrogens with one attached hydrogen (secondary N) is 2. The molecule has 11 heteroatoms. The molecule has 2 N–H and O–H groups in total. The van der Waals surface area contributed by atoms with Gasteiger partial charge < -0.3 is 19.9 Å². The van der Waals surface area contributed by atoms with Crippen molar-refractivity contribution in [2.75, 3.05) is 19.7 Å². The van der Waals surface area contributed by atoms with Crippen molar-refractivity contribution in [3.8, 4) is 5.75 Å². The van der Waals surface area contributed by atoms with Crippen LogP contribution in [0.4, 0.5) is 0 Å². The van der Waals surface area contributed by atoms with Crippen LogP contribution in [0, 0.1) is 6.92 Å². The molecule has 0 bridgehead atoms. The van der Waals surface area contributed by atoms with E-state index < -0.39 is 0 Å². The topological polar surface area (TPSA) is 76.4 Å². The normalized spacial score (nSPS) is 11.1. The molecule has 27 heavy (non-hydrogen) atoms. The van der Waals surface area contributed by atoms with Crippen molar-refractivity contribution >= 4 is 64.7 Å². The van der Waals surface area contributed by atoms with Crippen LogP contribution in [0.2, 0.25) is 15.1 Å². The van der Waals surface area contributed by atoms with Gasteiger partial charge in [-0.05, 0) is 26.0 Å². The zero-order chi connectivity index (χ0) is 19.1. The van der Waals surface area contributed by atoms with Gasteiger partial charge in [-0.25, -0.2) is 4.99 Å². The van der Waals surface area contributed by atoms with E-state index in [0.29, 0.717) is 46.5 Å². The number of nitrogens with zero attached hydrogens (tertiary/aromatic N) is 4. The van der Waals surface area contributed by atoms with Gasteiger partial charge >= 0.3 is 0 Å². The summed E-state index contributed by atoms with van der Waals surface area (Å²) >= 11 is 18.1. The number of rotatable bonds is 7. The maximum Gasteiger partial charge on any atom is 0.191 e. The number of hydrogen-bond donors (Lipinski definition) is 2. The Kier molecular flexibility index (Phi) is 10.5. The molecule has 2 aromatic rings. The van der Waals surface area contributed by atoms with Crippen LogP contribution < -0.4 is 15.4 Å². The Labute approximate surface area is 190 Å². The molecule has 0 aliphatic rings. The molecule has 0 amide bonds. The summed E-state index contributed by atoms with van der Waals surface area (Å²) in [5.74, 6) is 2.70. The number of aryl methyl sites for hydroxylation is 1. The number of halogens is 4. The van der Waals surface area contributed by atoms with Crippen molar-refractivity contribution in [1.29, 1.82) is 0 Å². The Morgan fingerprint density at radius 3 is 2.41 bits per heavy atom. The molecule has 0 saturated carbocycles. The van der Waals surface area contributed by atoms with Crippen molar-refractivity contribution in [2.45, 2.75) is 20.4 Å². The van der Waals surface area contributed by atoms with Gasteiger partial charge in [0, 0.05) is 18.6 Å². The summed E-state index contributed by atoms with van der Waals surface area (Å²) in [6.07, 6.45) is 0. The van der Waals surface area contributed by atoms with Gasteiger partial charge in [-0.1, -0.05) is 34.8 Å². The molecule has 0 spiro atoms. The summed E-state index contributed by atoms with van der Waals surface area (Å²) in [5.41, 5.74) is 0. The molecule has 0 unspecified atom stereocenters. The highest BCUT2D eigenvalue weighted by Crippen LogP contribution is 2.35. The Balaban J connectivity index is 0.00000364. The van der Waals surface area contributed by atoms with Crippen LogP contribution in [0.3, 0.4) is 0 Å². The molecule has 0 aliphatic heterocycles. The molecule has 1 heterocycles. The molecule has 2 rings (SSSR count). The van der Waals surface area contributed by atoms with E-state index in [0.717, 1.165) is 18.2 Å². The van der Waals surface area contributed by atoms with E-state index in [1.54, 1.807) is 12.1 Å². The van der Waals surface area contributed by atoms with E-state index in [2.05, 4.69) is 25.8 Å². The molecule has 0 fully saturated rings. The third-order valence-electron chi connectivity index (χ3n) is 3.51. The zero-order valence-electron chi connectivity index (χ0n) is 15.2. The monoisotopic (exact) mass is 546 g/mol. The van der Waals surface area contributed by atoms with Crippen molar-refractivity contribution in [2.24, 2.45) is 12.0 Å². The molecule has 0 radical (unpaired) electrons. The predicted octanol–water partition coefficient (Wildman–Crippen LogP) is 3.84. The number of ether oxygens (including phenoxy) is 1. The smallest absolute Gasteiger partial charge is 0.191 e. The Bertz CT molecular complexity index is 761. The molecule has 150 valence electrons. The zero-order valence-corrected chi connectivity index (χ0v) is 19.8. The fourth-order valence-corrected chi connectivity index (χ4v) is 3.00. The summed E-state index contributed by atoms with van der Waals surface area (Å²) in [7, 11) is 1.91. The first-order valence-corrected chi connectivity index (χ1v) is 9.20. The van der Waals surface area contributed by atoms with Gasteiger partial charge in [-0.3, -0.25) is 0 Å². The van der Waals surface area contributed by atoms with Crippen LogP contribution in [0.5, 0.6) is 5.75 Å². The summed E-state index contributed by atoms with van der Waals surface area (Å²) < 4.78 is 7.55. The maximum absolute atomic E-state index is 6.09. The van der Waals surface area contributed by atoms with Gasteiger partial charge in [0.05, 0.1) is 16.6 Å². The second-order valence-corrected chi connectivity index (χ2v) is 6.64. The minimum Gasteiger partial charge on any atom is -0.489 e. The van der Waals surface area contributed by atoms with Gasteiger partial charge in [0.1, 0.15) is 19.0 Å². The summed E-state index contributed by atoms with van der Waals surface area (Å²) in [5, 5.41) is 15.7. The number of aromatic nitrogens is 3. The van der Waals surface area contributed by atoms with Gasteiger partial charge in [0.2, 0.25) is 0 Å². The third-order valence-corrected chi connectivity index (χ3v) is 4.29. The second-order valence-electron chi connectivity index (χ2n) is 5.39. The van der Waals surface area contributed by atoms with Gasteiger partial charge in [0.15, 0.2) is 17.5 Å². The largest absolute Gasteiger partial charge is 0.489 e. The summed E-state index contributed by atoms with van der Waals surface area (Å²) in [6.45, 7) is 5.91. The van der Waals surface area contributed by atoms with Crippen molar-refractivity contribution < 1.29 is 4.74 Å². The second kappa shape index (κ2) is 11.8. The van der Waals surface area contributed by atoms with E-state index in [4.69, 9.17) is 39.5 Å². The fraction of sp³-hybridized carbons (Fsp3) is 0.438. The van der Waals surface area contributed by atoms with E-state index in [9.17, 15) is 0 Å². The summed E-state index contributed by atoms with van der Waals surface area (Å²) in [6, 6.07) is 3.18. The lowest BCUT2D eigenvalue weighted by Gasteiger charge is -2.13. The van der Waals surface area contributed by atoms with Crippen LogP contribution >= 0.6 is 58.8 Å². The number of aliphatic imine (C=N–C) groups is 1. The molecule has 1 aromatic heterocycles. The molecule has 1 aromatic carbocycles. The van der Waals surface area contributed by atoms with Crippen LogP contribution in [0.1, 0.15) is 18.6 Å². The van der Waals surface area contributed by atoms with Crippen LogP contribution in [0.25, 0.3) is 0 Å². The molecule has 0 saturated heterocycles. The first kappa shape index (κ1) is 24.1. The minimum absolute atomic E-state index is 0. The van der Waals surface area contributed by atoms with Crippen LogP contribution in [0.15, 0.2) is 17.1 Å². The SMILES string of the molecule is CCNC(=NCc1nnc(C)n1C)NCCOc1c(Cl)cc(Cl)cc1Cl.I. The van der Waals surface area contributed by atoms with Gasteiger partial charge in [0.25, 0.3) is 0 Å². The van der Waals surface area contributed by atoms with E-state index in [1.807, 2.05) is 25.5 Å². The quantitative estimate of drug-likeness (QED) is 0.239. The minimum atomic E-state index is 0. The Morgan fingerprint density at radius 2 is 1.85 bits per heavy atom. The molecule has 0 aliphatic carbocycles. The lowest BCUT2D eigenvalue weighted by molar-refractivity contribution is 0.322. The maximum atomic E-state index is 6.09. The highest BCUT2D eigenvalue weighted by Gasteiger charge is 2.09.